The number of piperidine rings is 1. The number of rotatable bonds is 3. The quantitative estimate of drug-likeness (QED) is 0.907. The number of nitrogens with zero attached hydrogens (tertiary/aromatic N) is 1. The Kier molecular flexibility index (Phi) is 4.87. The van der Waals surface area contributed by atoms with E-state index in [9.17, 15) is 0 Å². The molecule has 1 aromatic carbocycles. The van der Waals surface area contributed by atoms with Crippen molar-refractivity contribution in [2.24, 2.45) is 5.92 Å². The van der Waals surface area contributed by atoms with Crippen LogP contribution in [0.15, 0.2) is 6.07 Å². The Hall–Kier alpha value is -0.860. The van der Waals surface area contributed by atoms with Gasteiger partial charge in [-0.2, -0.15) is 0 Å². The first-order valence-corrected chi connectivity index (χ1v) is 7.88. The summed E-state index contributed by atoms with van der Waals surface area (Å²) in [5, 5.41) is 3.49. The van der Waals surface area contributed by atoms with Gasteiger partial charge in [0.15, 0.2) is 0 Å². The third-order valence-electron chi connectivity index (χ3n) is 5.11. The van der Waals surface area contributed by atoms with E-state index in [1.54, 1.807) is 5.56 Å². The van der Waals surface area contributed by atoms with Crippen molar-refractivity contribution in [1.82, 2.24) is 10.2 Å². The standard InChI is InChI=1S/C18H30N2/c1-12-11-13(2)15(4)17(14(12)3)18(20(5)6)16-7-9-19-10-8-16/h11,16,18-19H,7-10H2,1-6H3. The Morgan fingerprint density at radius 1 is 1.00 bits per heavy atom. The summed E-state index contributed by atoms with van der Waals surface area (Å²) in [5.41, 5.74) is 7.43. The molecule has 20 heavy (non-hydrogen) atoms. The average Bonchev–Trinajstić information content (AvgIpc) is 2.42. The Balaban J connectivity index is 2.49. The average molecular weight is 274 g/mol. The van der Waals surface area contributed by atoms with Gasteiger partial charge in [0, 0.05) is 6.04 Å². The molecule has 112 valence electrons. The zero-order valence-corrected chi connectivity index (χ0v) is 14.0. The van der Waals surface area contributed by atoms with Crippen molar-refractivity contribution in [2.45, 2.75) is 46.6 Å². The maximum absolute atomic E-state index is 3.49. The Morgan fingerprint density at radius 3 is 1.95 bits per heavy atom. The van der Waals surface area contributed by atoms with Crippen LogP contribution >= 0.6 is 0 Å². The van der Waals surface area contributed by atoms with Crippen LogP contribution in [0.2, 0.25) is 0 Å². The molecule has 1 saturated heterocycles. The maximum atomic E-state index is 3.49. The van der Waals surface area contributed by atoms with Crippen molar-refractivity contribution in [3.63, 3.8) is 0 Å². The molecule has 0 bridgehead atoms. The van der Waals surface area contributed by atoms with Gasteiger partial charge in [0.25, 0.3) is 0 Å². The number of aryl methyl sites for hydroxylation is 2. The van der Waals surface area contributed by atoms with E-state index in [2.05, 4.69) is 58.1 Å². The Labute approximate surface area is 124 Å². The molecular weight excluding hydrogens is 244 g/mol. The normalized spacial score (nSPS) is 18.6. The smallest absolute Gasteiger partial charge is 0.0376 e. The van der Waals surface area contributed by atoms with Gasteiger partial charge in [-0.1, -0.05) is 6.07 Å². The minimum Gasteiger partial charge on any atom is -0.317 e. The maximum Gasteiger partial charge on any atom is 0.0376 e. The van der Waals surface area contributed by atoms with Gasteiger partial charge < -0.3 is 10.2 Å². The third-order valence-corrected chi connectivity index (χ3v) is 5.11. The van der Waals surface area contributed by atoms with Gasteiger partial charge in [0.05, 0.1) is 0 Å². The molecule has 1 unspecified atom stereocenters. The lowest BCUT2D eigenvalue weighted by Gasteiger charge is -2.38. The van der Waals surface area contributed by atoms with Gasteiger partial charge >= 0.3 is 0 Å². The summed E-state index contributed by atoms with van der Waals surface area (Å²) in [4.78, 5) is 2.43. The van der Waals surface area contributed by atoms with E-state index < -0.39 is 0 Å². The number of benzene rings is 1. The van der Waals surface area contributed by atoms with E-state index in [0.717, 1.165) is 19.0 Å². The van der Waals surface area contributed by atoms with Crippen LogP contribution in [0, 0.1) is 33.6 Å². The van der Waals surface area contributed by atoms with E-state index in [0.29, 0.717) is 6.04 Å². The van der Waals surface area contributed by atoms with Crippen LogP contribution in [0.5, 0.6) is 0 Å². The second-order valence-corrected chi connectivity index (χ2v) is 6.67. The van der Waals surface area contributed by atoms with Crippen LogP contribution in [-0.4, -0.2) is 32.1 Å². The zero-order valence-electron chi connectivity index (χ0n) is 14.0. The molecule has 1 N–H and O–H groups in total. The highest BCUT2D eigenvalue weighted by Crippen LogP contribution is 2.38. The number of nitrogens with one attached hydrogen (secondary N) is 1. The minimum absolute atomic E-state index is 0.552. The summed E-state index contributed by atoms with van der Waals surface area (Å²) in [7, 11) is 4.48. The number of hydrogen-bond donors (Lipinski definition) is 1. The SMILES string of the molecule is Cc1cc(C)c(C)c(C(C2CCNCC2)N(C)C)c1C. The fourth-order valence-electron chi connectivity index (χ4n) is 3.77. The van der Waals surface area contributed by atoms with Gasteiger partial charge in [-0.15, -0.1) is 0 Å². The van der Waals surface area contributed by atoms with Crippen LogP contribution in [0.3, 0.4) is 0 Å². The molecule has 1 heterocycles. The molecule has 1 atom stereocenters. The number of hydrogen-bond acceptors (Lipinski definition) is 2. The molecule has 0 amide bonds. The van der Waals surface area contributed by atoms with Crippen molar-refractivity contribution in [3.8, 4) is 0 Å². The highest BCUT2D eigenvalue weighted by molar-refractivity contribution is 5.46. The van der Waals surface area contributed by atoms with E-state index in [1.807, 2.05) is 0 Å². The van der Waals surface area contributed by atoms with Crippen LogP contribution in [0.4, 0.5) is 0 Å². The first-order valence-electron chi connectivity index (χ1n) is 7.88. The van der Waals surface area contributed by atoms with Gasteiger partial charge in [0.2, 0.25) is 0 Å². The Bertz CT molecular complexity index is 445. The zero-order chi connectivity index (χ0) is 14.9. The minimum atomic E-state index is 0.552. The highest BCUT2D eigenvalue weighted by Gasteiger charge is 2.29. The summed E-state index contributed by atoms with van der Waals surface area (Å²) in [6, 6.07) is 2.89. The molecule has 0 aliphatic carbocycles. The van der Waals surface area contributed by atoms with Crippen LogP contribution in [0.1, 0.15) is 46.7 Å². The summed E-state index contributed by atoms with van der Waals surface area (Å²) in [5.74, 6) is 0.768. The van der Waals surface area contributed by atoms with Gasteiger partial charge in [-0.3, -0.25) is 0 Å². The molecule has 0 aromatic heterocycles. The molecule has 2 heteroatoms. The molecule has 0 radical (unpaired) electrons. The summed E-state index contributed by atoms with van der Waals surface area (Å²) >= 11 is 0. The lowest BCUT2D eigenvalue weighted by atomic mass is 9.80. The first-order chi connectivity index (χ1) is 9.43. The molecule has 1 aromatic rings. The highest BCUT2D eigenvalue weighted by atomic mass is 15.1. The Morgan fingerprint density at radius 2 is 1.50 bits per heavy atom. The lowest BCUT2D eigenvalue weighted by Crippen LogP contribution is -2.36. The van der Waals surface area contributed by atoms with Crippen LogP contribution in [0.25, 0.3) is 0 Å². The van der Waals surface area contributed by atoms with Crippen molar-refractivity contribution in [1.29, 1.82) is 0 Å². The fourth-order valence-corrected chi connectivity index (χ4v) is 3.77. The molecule has 1 aliphatic heterocycles. The predicted octanol–water partition coefficient (Wildman–Crippen LogP) is 3.52. The molecular formula is C18H30N2. The van der Waals surface area contributed by atoms with E-state index >= 15 is 0 Å². The van der Waals surface area contributed by atoms with Crippen molar-refractivity contribution in [3.05, 3.63) is 33.9 Å². The second-order valence-electron chi connectivity index (χ2n) is 6.67. The van der Waals surface area contributed by atoms with Gasteiger partial charge in [-0.05, 0) is 101 Å². The van der Waals surface area contributed by atoms with Crippen LogP contribution in [-0.2, 0) is 0 Å². The molecule has 2 rings (SSSR count). The van der Waals surface area contributed by atoms with Gasteiger partial charge in [-0.25, -0.2) is 0 Å². The summed E-state index contributed by atoms with van der Waals surface area (Å²) < 4.78 is 0. The van der Waals surface area contributed by atoms with E-state index in [1.165, 1.54) is 35.1 Å². The molecule has 1 fully saturated rings. The molecule has 0 saturated carbocycles. The van der Waals surface area contributed by atoms with E-state index in [4.69, 9.17) is 0 Å². The lowest BCUT2D eigenvalue weighted by molar-refractivity contribution is 0.176. The molecule has 2 nitrogen and oxygen atoms in total. The largest absolute Gasteiger partial charge is 0.317 e. The van der Waals surface area contributed by atoms with E-state index in [-0.39, 0.29) is 0 Å². The van der Waals surface area contributed by atoms with Gasteiger partial charge in [0.1, 0.15) is 0 Å². The molecule has 0 spiro atoms. The van der Waals surface area contributed by atoms with Crippen molar-refractivity contribution in [2.75, 3.05) is 27.2 Å². The summed E-state index contributed by atoms with van der Waals surface area (Å²) in [6.07, 6.45) is 2.57. The first kappa shape index (κ1) is 15.5. The topological polar surface area (TPSA) is 15.3 Å². The second kappa shape index (κ2) is 6.28. The monoisotopic (exact) mass is 274 g/mol. The predicted molar refractivity (Wildman–Crippen MR) is 87.4 cm³/mol. The van der Waals surface area contributed by atoms with Crippen molar-refractivity contribution >= 4 is 0 Å². The third kappa shape index (κ3) is 2.91. The molecule has 1 aliphatic rings. The van der Waals surface area contributed by atoms with Crippen molar-refractivity contribution < 1.29 is 0 Å². The van der Waals surface area contributed by atoms with Crippen LogP contribution < -0.4 is 5.32 Å². The summed E-state index contributed by atoms with van der Waals surface area (Å²) in [6.45, 7) is 11.4. The fraction of sp³-hybridized carbons (Fsp3) is 0.667.